The first-order valence-corrected chi connectivity index (χ1v) is 7.68. The minimum atomic E-state index is -0.590. The molecule has 7 nitrogen and oxygen atoms in total. The number of piperidine rings is 1. The van der Waals surface area contributed by atoms with Crippen molar-refractivity contribution in [2.45, 2.75) is 25.8 Å². The van der Waals surface area contributed by atoms with Crippen LogP contribution in [0.5, 0.6) is 0 Å². The van der Waals surface area contributed by atoms with Crippen molar-refractivity contribution in [2.24, 2.45) is 5.92 Å². The molecule has 0 aliphatic carbocycles. The minimum absolute atomic E-state index is 0.0387. The first-order chi connectivity index (χ1) is 10.0. The van der Waals surface area contributed by atoms with Crippen LogP contribution in [0.2, 0.25) is 0 Å². The van der Waals surface area contributed by atoms with Crippen molar-refractivity contribution >= 4 is 23.3 Å². The second-order valence-corrected chi connectivity index (χ2v) is 6.17. The van der Waals surface area contributed by atoms with Crippen molar-refractivity contribution < 1.29 is 14.8 Å². The number of aromatic nitrogens is 1. The Labute approximate surface area is 127 Å². The van der Waals surface area contributed by atoms with Gasteiger partial charge in [0.05, 0.1) is 11.7 Å². The third kappa shape index (κ3) is 3.99. The van der Waals surface area contributed by atoms with E-state index in [2.05, 4.69) is 21.6 Å². The Morgan fingerprint density at radius 2 is 2.14 bits per heavy atom. The number of rotatable bonds is 4. The molecule has 1 saturated heterocycles. The van der Waals surface area contributed by atoms with Crippen LogP contribution in [-0.4, -0.2) is 46.4 Å². The molecule has 8 heteroatoms. The molecule has 1 aliphatic heterocycles. The summed E-state index contributed by atoms with van der Waals surface area (Å²) in [6.45, 7) is 3.70. The second-order valence-electron chi connectivity index (χ2n) is 5.36. The van der Waals surface area contributed by atoms with Crippen LogP contribution in [0.25, 0.3) is 0 Å². The Morgan fingerprint density at radius 3 is 2.76 bits per heavy atom. The van der Waals surface area contributed by atoms with E-state index < -0.39 is 5.91 Å². The highest BCUT2D eigenvalue weighted by molar-refractivity contribution is 7.08. The number of carbonyl (C=O) groups is 2. The van der Waals surface area contributed by atoms with Crippen LogP contribution in [0.3, 0.4) is 0 Å². The van der Waals surface area contributed by atoms with Gasteiger partial charge in [0.15, 0.2) is 0 Å². The molecule has 1 aliphatic rings. The topological polar surface area (TPSA) is 94.6 Å². The fourth-order valence-electron chi connectivity index (χ4n) is 2.33. The van der Waals surface area contributed by atoms with Crippen LogP contribution in [0.4, 0.5) is 0 Å². The fourth-order valence-corrected chi connectivity index (χ4v) is 3.05. The molecule has 1 aromatic rings. The molecule has 2 amide bonds. The normalized spacial score (nSPS) is 18.2. The van der Waals surface area contributed by atoms with Gasteiger partial charge in [0.2, 0.25) is 5.91 Å². The van der Waals surface area contributed by atoms with Gasteiger partial charge < -0.3 is 10.2 Å². The van der Waals surface area contributed by atoms with Crippen LogP contribution >= 0.6 is 11.5 Å². The van der Waals surface area contributed by atoms with Crippen molar-refractivity contribution in [1.29, 1.82) is 0 Å². The summed E-state index contributed by atoms with van der Waals surface area (Å²) in [7, 11) is 2.06. The van der Waals surface area contributed by atoms with Crippen LogP contribution in [-0.2, 0) is 4.79 Å². The maximum Gasteiger partial charge on any atom is 0.286 e. The van der Waals surface area contributed by atoms with Crippen molar-refractivity contribution in [3.8, 4) is 0 Å². The Hall–Kier alpha value is -1.51. The van der Waals surface area contributed by atoms with Gasteiger partial charge in [0.25, 0.3) is 5.91 Å². The van der Waals surface area contributed by atoms with Crippen molar-refractivity contribution in [3.05, 3.63) is 16.6 Å². The molecule has 1 unspecified atom stereocenters. The van der Waals surface area contributed by atoms with E-state index in [0.717, 1.165) is 37.5 Å². The third-order valence-electron chi connectivity index (χ3n) is 3.75. The average molecular weight is 312 g/mol. The zero-order chi connectivity index (χ0) is 15.4. The lowest BCUT2D eigenvalue weighted by molar-refractivity contribution is -0.127. The molecular formula is C13H20N4O3S. The van der Waals surface area contributed by atoms with Gasteiger partial charge >= 0.3 is 0 Å². The van der Waals surface area contributed by atoms with E-state index >= 15 is 0 Å². The van der Waals surface area contributed by atoms with Gasteiger partial charge in [-0.3, -0.25) is 14.8 Å². The maximum atomic E-state index is 12.2. The molecule has 116 valence electrons. The van der Waals surface area contributed by atoms with Gasteiger partial charge in [-0.05, 0) is 57.5 Å². The lowest BCUT2D eigenvalue weighted by Crippen LogP contribution is -2.39. The summed E-state index contributed by atoms with van der Waals surface area (Å²) in [5.41, 5.74) is 2.19. The molecule has 0 bridgehead atoms. The molecule has 1 atom stereocenters. The highest BCUT2D eigenvalue weighted by Crippen LogP contribution is 2.20. The predicted molar refractivity (Wildman–Crippen MR) is 78.1 cm³/mol. The van der Waals surface area contributed by atoms with E-state index in [-0.39, 0.29) is 17.9 Å². The molecule has 0 saturated carbocycles. The standard InChI is InChI=1S/C13H20N4O3S/c1-8(10-7-11(21-16-10)13(19)15-20)14-12(18)9-3-5-17(2)6-4-9/h7-9,20H,3-6H2,1-2H3,(H,14,18)(H,15,19). The minimum Gasteiger partial charge on any atom is -0.348 e. The molecular weight excluding hydrogens is 292 g/mol. The lowest BCUT2D eigenvalue weighted by atomic mass is 9.96. The monoisotopic (exact) mass is 312 g/mol. The van der Waals surface area contributed by atoms with Crippen molar-refractivity contribution in [1.82, 2.24) is 20.1 Å². The van der Waals surface area contributed by atoms with E-state index in [0.29, 0.717) is 10.6 Å². The highest BCUT2D eigenvalue weighted by Gasteiger charge is 2.25. The summed E-state index contributed by atoms with van der Waals surface area (Å²) in [5, 5.41) is 11.5. The van der Waals surface area contributed by atoms with E-state index in [9.17, 15) is 9.59 Å². The molecule has 0 radical (unpaired) electrons. The van der Waals surface area contributed by atoms with E-state index in [4.69, 9.17) is 5.21 Å². The van der Waals surface area contributed by atoms with Gasteiger partial charge in [0, 0.05) is 5.92 Å². The molecule has 2 rings (SSSR count). The molecule has 1 fully saturated rings. The number of carbonyl (C=O) groups excluding carboxylic acids is 2. The number of amides is 2. The Bertz CT molecular complexity index is 511. The van der Waals surface area contributed by atoms with Gasteiger partial charge in [-0.2, -0.15) is 4.37 Å². The Balaban J connectivity index is 1.91. The summed E-state index contributed by atoms with van der Waals surface area (Å²) in [6.07, 6.45) is 1.73. The van der Waals surface area contributed by atoms with Gasteiger partial charge in [-0.1, -0.05) is 0 Å². The summed E-state index contributed by atoms with van der Waals surface area (Å²) in [6, 6.07) is 1.32. The number of nitrogens with one attached hydrogen (secondary N) is 2. The smallest absolute Gasteiger partial charge is 0.286 e. The van der Waals surface area contributed by atoms with Crippen molar-refractivity contribution in [2.75, 3.05) is 20.1 Å². The zero-order valence-electron chi connectivity index (χ0n) is 12.1. The summed E-state index contributed by atoms with van der Waals surface area (Å²) >= 11 is 0.994. The van der Waals surface area contributed by atoms with Crippen LogP contribution in [0, 0.1) is 5.92 Å². The number of hydroxylamine groups is 1. The van der Waals surface area contributed by atoms with Crippen LogP contribution in [0.15, 0.2) is 6.07 Å². The first-order valence-electron chi connectivity index (χ1n) is 6.91. The SMILES string of the molecule is CC(NC(=O)C1CCN(C)CC1)c1cc(C(=O)NO)sn1. The summed E-state index contributed by atoms with van der Waals surface area (Å²) in [4.78, 5) is 26.0. The molecule has 0 spiro atoms. The molecule has 0 aromatic carbocycles. The molecule has 3 N–H and O–H groups in total. The fraction of sp³-hybridized carbons (Fsp3) is 0.615. The summed E-state index contributed by atoms with van der Waals surface area (Å²) < 4.78 is 4.14. The number of likely N-dealkylation sites (tertiary alicyclic amines) is 1. The largest absolute Gasteiger partial charge is 0.348 e. The highest BCUT2D eigenvalue weighted by atomic mass is 32.1. The van der Waals surface area contributed by atoms with E-state index in [1.807, 2.05) is 6.92 Å². The molecule has 1 aromatic heterocycles. The van der Waals surface area contributed by atoms with Crippen LogP contribution < -0.4 is 10.8 Å². The number of hydrogen-bond acceptors (Lipinski definition) is 6. The number of nitrogens with zero attached hydrogens (tertiary/aromatic N) is 2. The molecule has 2 heterocycles. The van der Waals surface area contributed by atoms with Gasteiger partial charge in [0.1, 0.15) is 4.88 Å². The second kappa shape index (κ2) is 6.97. The quantitative estimate of drug-likeness (QED) is 0.564. The Morgan fingerprint density at radius 1 is 1.48 bits per heavy atom. The zero-order valence-corrected chi connectivity index (χ0v) is 12.9. The van der Waals surface area contributed by atoms with Gasteiger partial charge in [-0.15, -0.1) is 0 Å². The van der Waals surface area contributed by atoms with Gasteiger partial charge in [-0.25, -0.2) is 5.48 Å². The average Bonchev–Trinajstić information content (AvgIpc) is 2.97. The maximum absolute atomic E-state index is 12.2. The number of hydrogen-bond donors (Lipinski definition) is 3. The lowest BCUT2D eigenvalue weighted by Gasteiger charge is -2.28. The Kier molecular flexibility index (Phi) is 5.27. The van der Waals surface area contributed by atoms with E-state index in [1.54, 1.807) is 11.5 Å². The predicted octanol–water partition coefficient (Wildman–Crippen LogP) is 0.781. The van der Waals surface area contributed by atoms with E-state index in [1.165, 1.54) is 0 Å². The summed E-state index contributed by atoms with van der Waals surface area (Å²) in [5.74, 6) is -0.508. The molecule has 21 heavy (non-hydrogen) atoms. The van der Waals surface area contributed by atoms with Crippen molar-refractivity contribution in [3.63, 3.8) is 0 Å². The first kappa shape index (κ1) is 15.9. The van der Waals surface area contributed by atoms with Crippen LogP contribution in [0.1, 0.15) is 41.2 Å². The third-order valence-corrected chi connectivity index (χ3v) is 4.55.